The van der Waals surface area contributed by atoms with Crippen LogP contribution < -0.4 is 15.4 Å². The molecule has 0 spiro atoms. The van der Waals surface area contributed by atoms with Gasteiger partial charge in [-0.25, -0.2) is 4.79 Å². The molecule has 148 valence electrons. The average Bonchev–Trinajstić information content (AvgIpc) is 2.64. The first-order chi connectivity index (χ1) is 12.8. The molecule has 0 saturated heterocycles. The Balaban J connectivity index is 2.39. The quantitative estimate of drug-likeness (QED) is 0.482. The molecule has 1 aromatic carbocycles. The van der Waals surface area contributed by atoms with Crippen LogP contribution >= 0.6 is 0 Å². The number of esters is 1. The van der Waals surface area contributed by atoms with Crippen molar-refractivity contribution in [2.75, 3.05) is 13.7 Å². The van der Waals surface area contributed by atoms with E-state index in [9.17, 15) is 14.4 Å². The van der Waals surface area contributed by atoms with Crippen molar-refractivity contribution < 1.29 is 23.9 Å². The van der Waals surface area contributed by atoms with Gasteiger partial charge in [0.05, 0.1) is 7.11 Å². The summed E-state index contributed by atoms with van der Waals surface area (Å²) >= 11 is 0. The van der Waals surface area contributed by atoms with E-state index in [2.05, 4.69) is 10.6 Å². The third-order valence-electron chi connectivity index (χ3n) is 3.73. The number of hydrogen-bond acceptors (Lipinski definition) is 5. The van der Waals surface area contributed by atoms with Gasteiger partial charge in [0.15, 0.2) is 6.61 Å². The Hall–Kier alpha value is -2.83. The second kappa shape index (κ2) is 11.7. The summed E-state index contributed by atoms with van der Waals surface area (Å²) < 4.78 is 9.99. The van der Waals surface area contributed by atoms with Gasteiger partial charge in [-0.3, -0.25) is 9.59 Å². The first kappa shape index (κ1) is 22.2. The number of nitrogens with one attached hydrogen (secondary N) is 2. The first-order valence-corrected chi connectivity index (χ1v) is 8.94. The van der Waals surface area contributed by atoms with Crippen LogP contribution in [-0.2, 0) is 19.1 Å². The normalized spacial score (nSPS) is 12.9. The third-order valence-corrected chi connectivity index (χ3v) is 3.73. The van der Waals surface area contributed by atoms with Crippen molar-refractivity contribution in [3.8, 4) is 5.75 Å². The van der Waals surface area contributed by atoms with Crippen molar-refractivity contribution in [2.45, 2.75) is 45.7 Å². The second-order valence-electron chi connectivity index (χ2n) is 6.20. The molecule has 1 aromatic rings. The van der Waals surface area contributed by atoms with E-state index in [0.717, 1.165) is 24.2 Å². The van der Waals surface area contributed by atoms with Gasteiger partial charge in [0.2, 0.25) is 5.91 Å². The fourth-order valence-corrected chi connectivity index (χ4v) is 2.29. The van der Waals surface area contributed by atoms with Gasteiger partial charge in [-0.15, -0.1) is 0 Å². The number of benzene rings is 1. The first-order valence-electron chi connectivity index (χ1n) is 8.94. The second-order valence-corrected chi connectivity index (χ2v) is 6.20. The minimum Gasteiger partial charge on any atom is -0.497 e. The monoisotopic (exact) mass is 376 g/mol. The predicted molar refractivity (Wildman–Crippen MR) is 103 cm³/mol. The summed E-state index contributed by atoms with van der Waals surface area (Å²) in [6, 6.07) is 6.34. The van der Waals surface area contributed by atoms with E-state index in [1.807, 2.05) is 13.8 Å². The number of carbonyl (C=O) groups excluding carboxylic acids is 3. The van der Waals surface area contributed by atoms with Crippen molar-refractivity contribution >= 4 is 23.9 Å². The van der Waals surface area contributed by atoms with E-state index in [1.165, 1.54) is 13.0 Å². The summed E-state index contributed by atoms with van der Waals surface area (Å²) in [5, 5.41) is 5.24. The molecule has 0 aliphatic carbocycles. The van der Waals surface area contributed by atoms with E-state index < -0.39 is 17.9 Å². The lowest BCUT2D eigenvalue weighted by atomic mass is 10.2. The lowest BCUT2D eigenvalue weighted by Crippen LogP contribution is -2.41. The summed E-state index contributed by atoms with van der Waals surface area (Å²) in [6.45, 7) is 5.05. The van der Waals surface area contributed by atoms with E-state index in [1.54, 1.807) is 37.5 Å². The van der Waals surface area contributed by atoms with E-state index in [4.69, 9.17) is 9.47 Å². The number of amides is 2. The number of carbonyl (C=O) groups is 3. The molecule has 0 unspecified atom stereocenters. The van der Waals surface area contributed by atoms with Crippen LogP contribution in [0.15, 0.2) is 30.3 Å². The molecule has 0 heterocycles. The van der Waals surface area contributed by atoms with Gasteiger partial charge in [0.25, 0.3) is 5.91 Å². The molecule has 1 rings (SSSR count). The molecule has 27 heavy (non-hydrogen) atoms. The van der Waals surface area contributed by atoms with Crippen molar-refractivity contribution in [2.24, 2.45) is 0 Å². The van der Waals surface area contributed by atoms with Gasteiger partial charge in [-0.1, -0.05) is 25.5 Å². The molecule has 7 nitrogen and oxygen atoms in total. The van der Waals surface area contributed by atoms with Crippen LogP contribution in [0.25, 0.3) is 6.08 Å². The van der Waals surface area contributed by atoms with Gasteiger partial charge in [-0.2, -0.15) is 0 Å². The van der Waals surface area contributed by atoms with Crippen LogP contribution in [0.5, 0.6) is 5.75 Å². The fraction of sp³-hybridized carbons (Fsp3) is 0.450. The molecule has 2 N–H and O–H groups in total. The van der Waals surface area contributed by atoms with Crippen molar-refractivity contribution in [3.63, 3.8) is 0 Å². The Kier molecular flexibility index (Phi) is 9.64. The van der Waals surface area contributed by atoms with Gasteiger partial charge in [-0.05, 0) is 44.0 Å². The maximum atomic E-state index is 11.9. The molecule has 0 aliphatic rings. The standard InChI is InChI=1S/C20H28N2O5/c1-5-6-14(2)21-19(24)13-27-20(25)15(3)22-18(23)12-9-16-7-10-17(26-4)11-8-16/h7-12,14-15H,5-6,13H2,1-4H3,(H,21,24)(H,22,23)/b12-9+/t14-,15-/m0/s1. The maximum absolute atomic E-state index is 11.9. The van der Waals surface area contributed by atoms with E-state index in [-0.39, 0.29) is 18.6 Å². The molecule has 0 bridgehead atoms. The van der Waals surface area contributed by atoms with Crippen LogP contribution in [0.1, 0.15) is 39.2 Å². The smallest absolute Gasteiger partial charge is 0.328 e. The summed E-state index contributed by atoms with van der Waals surface area (Å²) in [7, 11) is 1.58. The molecule has 0 saturated carbocycles. The van der Waals surface area contributed by atoms with Crippen molar-refractivity contribution in [1.29, 1.82) is 0 Å². The highest BCUT2D eigenvalue weighted by Gasteiger charge is 2.17. The van der Waals surface area contributed by atoms with Crippen LogP contribution in [-0.4, -0.2) is 43.6 Å². The Labute approximate surface area is 160 Å². The molecule has 7 heteroatoms. The zero-order valence-electron chi connectivity index (χ0n) is 16.3. The highest BCUT2D eigenvalue weighted by molar-refractivity contribution is 5.94. The zero-order chi connectivity index (χ0) is 20.2. The summed E-state index contributed by atoms with van der Waals surface area (Å²) in [4.78, 5) is 35.5. The minimum atomic E-state index is -0.862. The van der Waals surface area contributed by atoms with Crippen LogP contribution in [0.2, 0.25) is 0 Å². The van der Waals surface area contributed by atoms with Gasteiger partial charge >= 0.3 is 5.97 Å². The maximum Gasteiger partial charge on any atom is 0.328 e. The van der Waals surface area contributed by atoms with Crippen LogP contribution in [0.4, 0.5) is 0 Å². The number of hydrogen-bond donors (Lipinski definition) is 2. The molecular weight excluding hydrogens is 348 g/mol. The largest absolute Gasteiger partial charge is 0.497 e. The molecule has 0 aromatic heterocycles. The highest BCUT2D eigenvalue weighted by atomic mass is 16.5. The Morgan fingerprint density at radius 1 is 1.11 bits per heavy atom. The third kappa shape index (κ3) is 8.89. The fourth-order valence-electron chi connectivity index (χ4n) is 2.29. The lowest BCUT2D eigenvalue weighted by molar-refractivity contribution is -0.151. The zero-order valence-corrected chi connectivity index (χ0v) is 16.3. The molecular formula is C20H28N2O5. The summed E-state index contributed by atoms with van der Waals surface area (Å²) in [5.74, 6) is -0.737. The van der Waals surface area contributed by atoms with E-state index >= 15 is 0 Å². The average molecular weight is 376 g/mol. The minimum absolute atomic E-state index is 0.0291. The summed E-state index contributed by atoms with van der Waals surface area (Å²) in [5.41, 5.74) is 0.819. The van der Waals surface area contributed by atoms with Gasteiger partial charge < -0.3 is 20.1 Å². The van der Waals surface area contributed by atoms with Crippen molar-refractivity contribution in [3.05, 3.63) is 35.9 Å². The van der Waals surface area contributed by atoms with Crippen molar-refractivity contribution in [1.82, 2.24) is 10.6 Å². The van der Waals surface area contributed by atoms with E-state index in [0.29, 0.717) is 0 Å². The highest BCUT2D eigenvalue weighted by Crippen LogP contribution is 2.12. The van der Waals surface area contributed by atoms with Crippen LogP contribution in [0.3, 0.4) is 0 Å². The molecule has 0 fully saturated rings. The Morgan fingerprint density at radius 3 is 2.37 bits per heavy atom. The molecule has 0 radical (unpaired) electrons. The van der Waals surface area contributed by atoms with Crippen LogP contribution in [0, 0.1) is 0 Å². The van der Waals surface area contributed by atoms with Gasteiger partial charge in [0.1, 0.15) is 11.8 Å². The molecule has 2 atom stereocenters. The number of methoxy groups -OCH3 is 1. The summed E-state index contributed by atoms with van der Waals surface area (Å²) in [6.07, 6.45) is 4.75. The topological polar surface area (TPSA) is 93.7 Å². The SMILES string of the molecule is CCC[C@H](C)NC(=O)COC(=O)[C@H](C)NC(=O)/C=C/c1ccc(OC)cc1. The molecule has 0 aliphatic heterocycles. The van der Waals surface area contributed by atoms with Gasteiger partial charge in [0, 0.05) is 12.1 Å². The number of ether oxygens (including phenoxy) is 2. The predicted octanol–water partition coefficient (Wildman–Crippen LogP) is 2.06. The number of rotatable bonds is 10. The lowest BCUT2D eigenvalue weighted by Gasteiger charge is -2.14. The molecule has 2 amide bonds. The Morgan fingerprint density at radius 2 is 1.78 bits per heavy atom. The Bertz CT molecular complexity index is 655.